The third-order valence-corrected chi connectivity index (χ3v) is 4.52. The summed E-state index contributed by atoms with van der Waals surface area (Å²) in [6.45, 7) is 11.1. The van der Waals surface area contributed by atoms with Gasteiger partial charge in [0.2, 0.25) is 0 Å². The Morgan fingerprint density at radius 1 is 1.18 bits per heavy atom. The summed E-state index contributed by atoms with van der Waals surface area (Å²) in [5, 5.41) is 0. The molecule has 0 aromatic rings. The van der Waals surface area contributed by atoms with Crippen LogP contribution in [0.5, 0.6) is 0 Å². The van der Waals surface area contributed by atoms with Crippen LogP contribution in [-0.4, -0.2) is 48.6 Å². The minimum Gasteiger partial charge on any atom is -0.301 e. The Balaban J connectivity index is 1.70. The van der Waals surface area contributed by atoms with Crippen LogP contribution in [0.1, 0.15) is 39.5 Å². The van der Waals surface area contributed by atoms with E-state index in [-0.39, 0.29) is 0 Å². The van der Waals surface area contributed by atoms with Gasteiger partial charge in [-0.1, -0.05) is 19.1 Å². The topological polar surface area (TPSA) is 6.48 Å². The largest absolute Gasteiger partial charge is 0.301 e. The second-order valence-electron chi connectivity index (χ2n) is 5.74. The van der Waals surface area contributed by atoms with Crippen molar-refractivity contribution >= 4 is 0 Å². The molecular weight excluding hydrogens is 208 g/mol. The van der Waals surface area contributed by atoms with Gasteiger partial charge in [-0.2, -0.15) is 0 Å². The van der Waals surface area contributed by atoms with E-state index in [4.69, 9.17) is 0 Å². The van der Waals surface area contributed by atoms with Gasteiger partial charge < -0.3 is 4.90 Å². The number of allylic oxidation sites excluding steroid dienone is 2. The molecule has 17 heavy (non-hydrogen) atoms. The first-order chi connectivity index (χ1) is 8.29. The maximum Gasteiger partial charge on any atom is 0.0113 e. The molecule has 0 radical (unpaired) electrons. The van der Waals surface area contributed by atoms with Gasteiger partial charge in [0, 0.05) is 38.8 Å². The predicted molar refractivity (Wildman–Crippen MR) is 74.2 cm³/mol. The summed E-state index contributed by atoms with van der Waals surface area (Å²) in [5.74, 6) is 0.926. The molecule has 1 aliphatic carbocycles. The third kappa shape index (κ3) is 3.82. The van der Waals surface area contributed by atoms with Crippen molar-refractivity contribution in [2.75, 3.05) is 32.7 Å². The highest BCUT2D eigenvalue weighted by Gasteiger charge is 2.22. The Hall–Kier alpha value is -0.340. The molecule has 1 aliphatic heterocycles. The van der Waals surface area contributed by atoms with Crippen LogP contribution in [0.2, 0.25) is 0 Å². The van der Waals surface area contributed by atoms with E-state index in [1.54, 1.807) is 0 Å². The second kappa shape index (κ2) is 6.55. The first-order valence-corrected chi connectivity index (χ1v) is 7.41. The van der Waals surface area contributed by atoms with Gasteiger partial charge >= 0.3 is 0 Å². The van der Waals surface area contributed by atoms with Crippen LogP contribution in [0.25, 0.3) is 0 Å². The molecule has 0 aromatic carbocycles. The summed E-state index contributed by atoms with van der Waals surface area (Å²) < 4.78 is 0. The molecule has 2 heteroatoms. The van der Waals surface area contributed by atoms with Crippen LogP contribution in [0.4, 0.5) is 0 Å². The quantitative estimate of drug-likeness (QED) is 0.693. The number of piperazine rings is 1. The van der Waals surface area contributed by atoms with Crippen molar-refractivity contribution in [3.8, 4) is 0 Å². The summed E-state index contributed by atoms with van der Waals surface area (Å²) in [4.78, 5) is 5.33. The molecule has 0 saturated carbocycles. The van der Waals surface area contributed by atoms with Crippen molar-refractivity contribution in [2.45, 2.75) is 45.6 Å². The van der Waals surface area contributed by atoms with E-state index in [1.807, 2.05) is 0 Å². The predicted octanol–water partition coefficient (Wildman–Crippen LogP) is 2.76. The zero-order valence-electron chi connectivity index (χ0n) is 11.6. The van der Waals surface area contributed by atoms with E-state index in [0.29, 0.717) is 0 Å². The van der Waals surface area contributed by atoms with E-state index < -0.39 is 0 Å². The number of nitrogens with zero attached hydrogens (tertiary/aromatic N) is 2. The fraction of sp³-hybridized carbons (Fsp3) is 0.867. The Bertz CT molecular complexity index is 241. The molecule has 2 aliphatic rings. The summed E-state index contributed by atoms with van der Waals surface area (Å²) in [6, 6.07) is 0.773. The van der Waals surface area contributed by atoms with Crippen LogP contribution in [0.15, 0.2) is 12.2 Å². The molecule has 0 N–H and O–H groups in total. The van der Waals surface area contributed by atoms with Crippen molar-refractivity contribution in [3.05, 3.63) is 12.2 Å². The molecule has 2 rings (SSSR count). The van der Waals surface area contributed by atoms with Crippen LogP contribution < -0.4 is 0 Å². The smallest absolute Gasteiger partial charge is 0.0113 e. The molecule has 1 heterocycles. The fourth-order valence-electron chi connectivity index (χ4n) is 3.03. The lowest BCUT2D eigenvalue weighted by Crippen LogP contribution is -2.50. The lowest BCUT2D eigenvalue weighted by atomic mass is 9.94. The van der Waals surface area contributed by atoms with Crippen molar-refractivity contribution in [1.29, 1.82) is 0 Å². The average molecular weight is 236 g/mol. The molecule has 2 unspecified atom stereocenters. The normalized spacial score (nSPS) is 29.4. The molecule has 0 aromatic heterocycles. The Kier molecular flexibility index (Phi) is 5.05. The summed E-state index contributed by atoms with van der Waals surface area (Å²) in [7, 11) is 0. The number of hydrogen-bond acceptors (Lipinski definition) is 2. The molecule has 2 nitrogen and oxygen atoms in total. The van der Waals surface area contributed by atoms with E-state index in [0.717, 1.165) is 12.0 Å². The second-order valence-corrected chi connectivity index (χ2v) is 5.74. The SMILES string of the molecule is CCC(C)N1CCN(CC2CC=CCC2)CC1. The van der Waals surface area contributed by atoms with Gasteiger partial charge in [-0.15, -0.1) is 0 Å². The average Bonchev–Trinajstić information content (AvgIpc) is 2.40. The maximum atomic E-state index is 2.68. The minimum atomic E-state index is 0.773. The Labute approximate surface area is 107 Å². The van der Waals surface area contributed by atoms with Gasteiger partial charge in [-0.05, 0) is 38.5 Å². The summed E-state index contributed by atoms with van der Waals surface area (Å²) >= 11 is 0. The van der Waals surface area contributed by atoms with Crippen LogP contribution in [-0.2, 0) is 0 Å². The lowest BCUT2D eigenvalue weighted by molar-refractivity contribution is 0.0887. The highest BCUT2D eigenvalue weighted by Crippen LogP contribution is 2.20. The molecular formula is C15H28N2. The Morgan fingerprint density at radius 3 is 2.53 bits per heavy atom. The van der Waals surface area contributed by atoms with Crippen molar-refractivity contribution in [3.63, 3.8) is 0 Å². The van der Waals surface area contributed by atoms with Gasteiger partial charge in [-0.25, -0.2) is 0 Å². The highest BCUT2D eigenvalue weighted by molar-refractivity contribution is 4.91. The molecule has 0 amide bonds. The first-order valence-electron chi connectivity index (χ1n) is 7.41. The molecule has 0 bridgehead atoms. The van der Waals surface area contributed by atoms with Crippen molar-refractivity contribution in [1.82, 2.24) is 9.80 Å². The third-order valence-electron chi connectivity index (χ3n) is 4.52. The van der Waals surface area contributed by atoms with E-state index in [9.17, 15) is 0 Å². The van der Waals surface area contributed by atoms with Gasteiger partial charge in [0.05, 0.1) is 0 Å². The van der Waals surface area contributed by atoms with Crippen LogP contribution >= 0.6 is 0 Å². The fourth-order valence-corrected chi connectivity index (χ4v) is 3.03. The van der Waals surface area contributed by atoms with E-state index >= 15 is 0 Å². The first kappa shape index (κ1) is 13.1. The summed E-state index contributed by atoms with van der Waals surface area (Å²) in [5.41, 5.74) is 0. The van der Waals surface area contributed by atoms with Gasteiger partial charge in [0.25, 0.3) is 0 Å². The van der Waals surface area contributed by atoms with E-state index in [2.05, 4.69) is 35.8 Å². The molecule has 1 saturated heterocycles. The van der Waals surface area contributed by atoms with Gasteiger partial charge in [0.15, 0.2) is 0 Å². The van der Waals surface area contributed by atoms with Crippen LogP contribution in [0, 0.1) is 5.92 Å². The zero-order chi connectivity index (χ0) is 12.1. The lowest BCUT2D eigenvalue weighted by Gasteiger charge is -2.39. The number of rotatable bonds is 4. The maximum absolute atomic E-state index is 2.68. The van der Waals surface area contributed by atoms with Gasteiger partial charge in [-0.3, -0.25) is 4.90 Å². The molecule has 2 atom stereocenters. The standard InChI is InChI=1S/C15H28N2/c1-3-14(2)17-11-9-16(10-12-17)13-15-7-5-4-6-8-15/h4-5,14-15H,3,6-13H2,1-2H3. The molecule has 0 spiro atoms. The monoisotopic (exact) mass is 236 g/mol. The minimum absolute atomic E-state index is 0.773. The van der Waals surface area contributed by atoms with E-state index in [1.165, 1.54) is 58.4 Å². The highest BCUT2D eigenvalue weighted by atomic mass is 15.3. The van der Waals surface area contributed by atoms with Crippen molar-refractivity contribution < 1.29 is 0 Å². The molecule has 98 valence electrons. The Morgan fingerprint density at radius 2 is 1.94 bits per heavy atom. The van der Waals surface area contributed by atoms with Crippen LogP contribution in [0.3, 0.4) is 0 Å². The summed E-state index contributed by atoms with van der Waals surface area (Å²) in [6.07, 6.45) is 10.0. The molecule has 1 fully saturated rings. The zero-order valence-corrected chi connectivity index (χ0v) is 11.6. The van der Waals surface area contributed by atoms with Gasteiger partial charge in [0.1, 0.15) is 0 Å². The number of hydrogen-bond donors (Lipinski definition) is 0. The van der Waals surface area contributed by atoms with Crippen molar-refractivity contribution in [2.24, 2.45) is 5.92 Å².